The third kappa shape index (κ3) is 3.45. The van der Waals surface area contributed by atoms with Crippen LogP contribution in [0.4, 0.5) is 0 Å². The van der Waals surface area contributed by atoms with Crippen molar-refractivity contribution < 1.29 is 16.8 Å². The van der Waals surface area contributed by atoms with Crippen LogP contribution >= 0.6 is 0 Å². The molecule has 1 aromatic rings. The van der Waals surface area contributed by atoms with Gasteiger partial charge in [0, 0.05) is 32.2 Å². The van der Waals surface area contributed by atoms with Crippen LogP contribution in [0.3, 0.4) is 0 Å². The molecule has 2 atom stereocenters. The van der Waals surface area contributed by atoms with Crippen molar-refractivity contribution in [3.63, 3.8) is 0 Å². The monoisotopic (exact) mass is 358 g/mol. The molecule has 0 unspecified atom stereocenters. The lowest BCUT2D eigenvalue weighted by atomic mass is 10.2. The van der Waals surface area contributed by atoms with Crippen molar-refractivity contribution in [1.29, 1.82) is 0 Å². The highest BCUT2D eigenvalue weighted by molar-refractivity contribution is 7.96. The molecule has 0 spiro atoms. The summed E-state index contributed by atoms with van der Waals surface area (Å²) in [4.78, 5) is 4.41. The number of nitrogens with zero attached hydrogens (tertiary/aromatic N) is 2. The molecule has 0 bridgehead atoms. The van der Waals surface area contributed by atoms with E-state index in [0.29, 0.717) is 13.1 Å². The molecule has 3 rings (SSSR count). The Hall–Kier alpha value is -0.960. The molecule has 2 fully saturated rings. The van der Waals surface area contributed by atoms with Crippen LogP contribution in [0.15, 0.2) is 35.2 Å². The summed E-state index contributed by atoms with van der Waals surface area (Å²) in [6.07, 6.45) is 0. The average Bonchev–Trinajstić information content (AvgIpc) is 2.85. The first-order valence-electron chi connectivity index (χ1n) is 7.71. The van der Waals surface area contributed by atoms with E-state index in [0.717, 1.165) is 13.1 Å². The van der Waals surface area contributed by atoms with Crippen molar-refractivity contribution in [2.45, 2.75) is 16.2 Å². The summed E-state index contributed by atoms with van der Waals surface area (Å²) >= 11 is 0. The van der Waals surface area contributed by atoms with Crippen LogP contribution in [0.25, 0.3) is 0 Å². The molecule has 6 nitrogen and oxygen atoms in total. The standard InChI is InChI=1S/C15H22N2O4S2/c1-16-7-9-17(10-8-16)14-11-22(18,19)12-15(14)23(20,21)13-5-3-2-4-6-13/h2-6,14-15H,7-12H2,1H3/t14-,15-/m0/s1. The third-order valence-corrected chi connectivity index (χ3v) is 8.88. The Kier molecular flexibility index (Phi) is 4.52. The van der Waals surface area contributed by atoms with Gasteiger partial charge in [-0.2, -0.15) is 0 Å². The molecule has 0 saturated carbocycles. The van der Waals surface area contributed by atoms with Crippen LogP contribution in [-0.4, -0.2) is 82.7 Å². The van der Waals surface area contributed by atoms with E-state index in [2.05, 4.69) is 4.90 Å². The summed E-state index contributed by atoms with van der Waals surface area (Å²) in [5, 5.41) is -0.877. The molecule has 8 heteroatoms. The minimum absolute atomic E-state index is 0.0621. The van der Waals surface area contributed by atoms with Gasteiger partial charge in [0.1, 0.15) is 0 Å². The molecule has 2 heterocycles. The maximum Gasteiger partial charge on any atom is 0.183 e. The molecule has 2 saturated heterocycles. The van der Waals surface area contributed by atoms with Gasteiger partial charge in [0.2, 0.25) is 0 Å². The Balaban J connectivity index is 1.92. The number of benzene rings is 1. The number of hydrogen-bond acceptors (Lipinski definition) is 6. The minimum Gasteiger partial charge on any atom is -0.304 e. The fraction of sp³-hybridized carbons (Fsp3) is 0.600. The van der Waals surface area contributed by atoms with Crippen LogP contribution in [0.1, 0.15) is 0 Å². The van der Waals surface area contributed by atoms with E-state index in [-0.39, 0.29) is 16.4 Å². The molecule has 0 N–H and O–H groups in total. The molecule has 2 aliphatic heterocycles. The van der Waals surface area contributed by atoms with Gasteiger partial charge >= 0.3 is 0 Å². The van der Waals surface area contributed by atoms with E-state index in [1.54, 1.807) is 30.3 Å². The summed E-state index contributed by atoms with van der Waals surface area (Å²) in [5.41, 5.74) is 0. The Bertz CT molecular complexity index is 754. The van der Waals surface area contributed by atoms with Crippen molar-refractivity contribution in [3.05, 3.63) is 30.3 Å². The second-order valence-electron chi connectivity index (χ2n) is 6.38. The van der Waals surface area contributed by atoms with Gasteiger partial charge in [-0.3, -0.25) is 4.90 Å². The van der Waals surface area contributed by atoms with Crippen molar-refractivity contribution in [3.8, 4) is 0 Å². The molecule has 0 aliphatic carbocycles. The maximum atomic E-state index is 12.9. The number of sulfone groups is 2. The topological polar surface area (TPSA) is 74.8 Å². The second-order valence-corrected chi connectivity index (χ2v) is 10.7. The molecule has 23 heavy (non-hydrogen) atoms. The Morgan fingerprint density at radius 1 is 1.00 bits per heavy atom. The van der Waals surface area contributed by atoms with E-state index in [4.69, 9.17) is 0 Å². The van der Waals surface area contributed by atoms with E-state index in [1.165, 1.54) is 0 Å². The lowest BCUT2D eigenvalue weighted by Gasteiger charge is -2.37. The van der Waals surface area contributed by atoms with Gasteiger partial charge in [0.05, 0.1) is 21.7 Å². The quantitative estimate of drug-likeness (QED) is 0.750. The predicted molar refractivity (Wildman–Crippen MR) is 88.9 cm³/mol. The summed E-state index contributed by atoms with van der Waals surface area (Å²) in [7, 11) is -4.97. The van der Waals surface area contributed by atoms with Crippen molar-refractivity contribution in [1.82, 2.24) is 9.80 Å². The minimum atomic E-state index is -3.66. The van der Waals surface area contributed by atoms with Gasteiger partial charge < -0.3 is 4.90 Å². The normalized spacial score (nSPS) is 29.6. The fourth-order valence-electron chi connectivity index (χ4n) is 3.37. The van der Waals surface area contributed by atoms with Crippen LogP contribution in [0.2, 0.25) is 0 Å². The van der Waals surface area contributed by atoms with Crippen molar-refractivity contribution in [2.24, 2.45) is 0 Å². The molecule has 0 radical (unpaired) electrons. The average molecular weight is 358 g/mol. The largest absolute Gasteiger partial charge is 0.304 e. The van der Waals surface area contributed by atoms with Crippen molar-refractivity contribution >= 4 is 19.7 Å². The summed E-state index contributed by atoms with van der Waals surface area (Å²) in [6, 6.07) is 7.73. The fourth-order valence-corrected chi connectivity index (χ4v) is 8.22. The number of likely N-dealkylation sites (N-methyl/N-ethyl adjacent to an activating group) is 1. The van der Waals surface area contributed by atoms with E-state index >= 15 is 0 Å². The lowest BCUT2D eigenvalue weighted by molar-refractivity contribution is 0.122. The van der Waals surface area contributed by atoms with Crippen molar-refractivity contribution in [2.75, 3.05) is 44.7 Å². The Morgan fingerprint density at radius 2 is 1.61 bits per heavy atom. The smallest absolute Gasteiger partial charge is 0.183 e. The first-order valence-corrected chi connectivity index (χ1v) is 11.1. The molecule has 0 amide bonds. The summed E-state index contributed by atoms with van der Waals surface area (Å²) in [6.45, 7) is 3.07. The Morgan fingerprint density at radius 3 is 2.22 bits per heavy atom. The maximum absolute atomic E-state index is 12.9. The molecular weight excluding hydrogens is 336 g/mol. The zero-order valence-corrected chi connectivity index (χ0v) is 14.8. The van der Waals surface area contributed by atoms with E-state index in [1.807, 2.05) is 11.9 Å². The predicted octanol–water partition coefficient (Wildman–Crippen LogP) is -0.127. The Labute approximate surface area is 137 Å². The van der Waals surface area contributed by atoms with E-state index in [9.17, 15) is 16.8 Å². The highest BCUT2D eigenvalue weighted by Gasteiger charge is 2.48. The second kappa shape index (κ2) is 6.16. The number of piperazine rings is 1. The van der Waals surface area contributed by atoms with E-state index < -0.39 is 31.0 Å². The summed E-state index contributed by atoms with van der Waals surface area (Å²) in [5.74, 6) is -0.339. The SMILES string of the molecule is CN1CCN([C@H]2CS(=O)(=O)C[C@@H]2S(=O)(=O)c2ccccc2)CC1. The zero-order chi connectivity index (χ0) is 16.7. The highest BCUT2D eigenvalue weighted by Crippen LogP contribution is 2.29. The van der Waals surface area contributed by atoms with Crippen LogP contribution in [0, 0.1) is 0 Å². The molecular formula is C15H22N2O4S2. The summed E-state index contributed by atoms with van der Waals surface area (Å²) < 4.78 is 50.1. The van der Waals surface area contributed by atoms with Gasteiger partial charge in [-0.05, 0) is 19.2 Å². The van der Waals surface area contributed by atoms with Crippen LogP contribution in [-0.2, 0) is 19.7 Å². The molecule has 2 aliphatic rings. The van der Waals surface area contributed by atoms with Crippen LogP contribution in [0.5, 0.6) is 0 Å². The lowest BCUT2D eigenvalue weighted by Crippen LogP contribution is -2.54. The first-order chi connectivity index (χ1) is 10.8. The van der Waals surface area contributed by atoms with Crippen LogP contribution < -0.4 is 0 Å². The number of rotatable bonds is 3. The molecule has 0 aromatic heterocycles. The molecule has 128 valence electrons. The van der Waals surface area contributed by atoms with Gasteiger partial charge in [-0.25, -0.2) is 16.8 Å². The van der Waals surface area contributed by atoms with Gasteiger partial charge in [0.15, 0.2) is 19.7 Å². The first kappa shape index (κ1) is 16.9. The number of hydrogen-bond donors (Lipinski definition) is 0. The van der Waals surface area contributed by atoms with Gasteiger partial charge in [-0.15, -0.1) is 0 Å². The highest BCUT2D eigenvalue weighted by atomic mass is 32.2. The van der Waals surface area contributed by atoms with Gasteiger partial charge in [0.25, 0.3) is 0 Å². The third-order valence-electron chi connectivity index (χ3n) is 4.75. The molecule has 1 aromatic carbocycles. The zero-order valence-electron chi connectivity index (χ0n) is 13.1. The van der Waals surface area contributed by atoms with Gasteiger partial charge in [-0.1, -0.05) is 18.2 Å².